The van der Waals surface area contributed by atoms with Gasteiger partial charge in [-0.15, -0.1) is 0 Å². The Kier molecular flexibility index (Phi) is 4.33. The minimum Gasteiger partial charge on any atom is -0.468 e. The summed E-state index contributed by atoms with van der Waals surface area (Å²) in [4.78, 5) is 10.7. The molecule has 0 saturated heterocycles. The van der Waals surface area contributed by atoms with E-state index in [9.17, 15) is 13.6 Å². The molecule has 1 rings (SSSR count). The number of thiocarbonyl (C=S) groups is 1. The van der Waals surface area contributed by atoms with E-state index < -0.39 is 23.3 Å². The Balaban J connectivity index is 2.94. The first-order valence-corrected chi connectivity index (χ1v) is 4.96. The largest absolute Gasteiger partial charge is 0.468 e. The number of hydrogen-bond acceptors (Lipinski definition) is 4. The number of rotatable bonds is 4. The van der Waals surface area contributed by atoms with E-state index in [1.807, 2.05) is 0 Å². The Morgan fingerprint density at radius 1 is 1.47 bits per heavy atom. The SMILES string of the molecule is COC(=O)CNc1c(F)cc(C(N)=S)cc1F. The van der Waals surface area contributed by atoms with Gasteiger partial charge in [0.05, 0.1) is 7.11 Å². The first kappa shape index (κ1) is 13.3. The third-order valence-corrected chi connectivity index (χ3v) is 2.20. The third kappa shape index (κ3) is 3.35. The highest BCUT2D eigenvalue weighted by Crippen LogP contribution is 2.20. The number of carbonyl (C=O) groups is 1. The molecule has 0 aliphatic rings. The molecule has 0 aliphatic heterocycles. The third-order valence-electron chi connectivity index (χ3n) is 1.96. The number of hydrogen-bond donors (Lipinski definition) is 2. The fourth-order valence-electron chi connectivity index (χ4n) is 1.12. The average molecular weight is 260 g/mol. The lowest BCUT2D eigenvalue weighted by Gasteiger charge is -2.09. The van der Waals surface area contributed by atoms with Crippen molar-refractivity contribution in [3.05, 3.63) is 29.3 Å². The Labute approximate surface area is 102 Å². The van der Waals surface area contributed by atoms with Crippen LogP contribution in [0.1, 0.15) is 5.56 Å². The number of nitrogens with two attached hydrogens (primary N) is 1. The summed E-state index contributed by atoms with van der Waals surface area (Å²) in [5.74, 6) is -2.39. The molecule has 92 valence electrons. The molecule has 0 atom stereocenters. The highest BCUT2D eigenvalue weighted by molar-refractivity contribution is 7.80. The molecule has 3 N–H and O–H groups in total. The fraction of sp³-hybridized carbons (Fsp3) is 0.200. The van der Waals surface area contributed by atoms with Crippen LogP contribution < -0.4 is 11.1 Å². The minimum atomic E-state index is -0.878. The van der Waals surface area contributed by atoms with E-state index in [1.165, 1.54) is 7.11 Å². The van der Waals surface area contributed by atoms with Gasteiger partial charge < -0.3 is 15.8 Å². The van der Waals surface area contributed by atoms with Gasteiger partial charge in [-0.25, -0.2) is 8.78 Å². The molecule has 1 aromatic rings. The molecule has 1 aromatic carbocycles. The van der Waals surface area contributed by atoms with Crippen molar-refractivity contribution in [2.75, 3.05) is 19.0 Å². The van der Waals surface area contributed by atoms with E-state index in [-0.39, 0.29) is 17.1 Å². The van der Waals surface area contributed by atoms with Crippen molar-refractivity contribution in [1.82, 2.24) is 0 Å². The molecular weight excluding hydrogens is 250 g/mol. The van der Waals surface area contributed by atoms with Crippen molar-refractivity contribution in [3.63, 3.8) is 0 Å². The molecule has 7 heteroatoms. The summed E-state index contributed by atoms with van der Waals surface area (Å²) in [5, 5.41) is 2.29. The van der Waals surface area contributed by atoms with Crippen LogP contribution in [0.4, 0.5) is 14.5 Å². The van der Waals surface area contributed by atoms with Crippen molar-refractivity contribution in [3.8, 4) is 0 Å². The lowest BCUT2D eigenvalue weighted by molar-refractivity contribution is -0.138. The number of nitrogens with one attached hydrogen (secondary N) is 1. The van der Waals surface area contributed by atoms with E-state index in [4.69, 9.17) is 5.73 Å². The van der Waals surface area contributed by atoms with Gasteiger partial charge in [0.1, 0.15) is 28.9 Å². The smallest absolute Gasteiger partial charge is 0.325 e. The summed E-state index contributed by atoms with van der Waals surface area (Å²) in [6, 6.07) is 1.98. The highest BCUT2D eigenvalue weighted by atomic mass is 32.1. The van der Waals surface area contributed by atoms with Gasteiger partial charge in [-0.1, -0.05) is 12.2 Å². The van der Waals surface area contributed by atoms with E-state index in [1.54, 1.807) is 0 Å². The van der Waals surface area contributed by atoms with Gasteiger partial charge in [-0.3, -0.25) is 4.79 Å². The maximum absolute atomic E-state index is 13.5. The summed E-state index contributed by atoms with van der Waals surface area (Å²) >= 11 is 4.60. The van der Waals surface area contributed by atoms with Crippen LogP contribution in [-0.2, 0) is 9.53 Å². The summed E-state index contributed by atoms with van der Waals surface area (Å²) in [6.07, 6.45) is 0. The second kappa shape index (κ2) is 5.53. The highest BCUT2D eigenvalue weighted by Gasteiger charge is 2.13. The predicted molar refractivity (Wildman–Crippen MR) is 62.8 cm³/mol. The van der Waals surface area contributed by atoms with E-state index in [0.29, 0.717) is 0 Å². The maximum Gasteiger partial charge on any atom is 0.325 e. The van der Waals surface area contributed by atoms with E-state index in [0.717, 1.165) is 12.1 Å². The molecule has 0 unspecified atom stereocenters. The van der Waals surface area contributed by atoms with Gasteiger partial charge in [0.15, 0.2) is 0 Å². The number of carbonyl (C=O) groups excluding carboxylic acids is 1. The van der Waals surface area contributed by atoms with Crippen LogP contribution in [0.2, 0.25) is 0 Å². The van der Waals surface area contributed by atoms with Gasteiger partial charge in [-0.2, -0.15) is 0 Å². The van der Waals surface area contributed by atoms with Crippen molar-refractivity contribution in [2.45, 2.75) is 0 Å². The van der Waals surface area contributed by atoms with Gasteiger partial charge in [0.2, 0.25) is 0 Å². The Morgan fingerprint density at radius 3 is 2.41 bits per heavy atom. The quantitative estimate of drug-likeness (QED) is 0.629. The second-order valence-electron chi connectivity index (χ2n) is 3.11. The van der Waals surface area contributed by atoms with E-state index >= 15 is 0 Å². The fourth-order valence-corrected chi connectivity index (χ4v) is 1.23. The summed E-state index contributed by atoms with van der Waals surface area (Å²) in [7, 11) is 1.17. The topological polar surface area (TPSA) is 64.3 Å². The van der Waals surface area contributed by atoms with E-state index in [2.05, 4.69) is 22.3 Å². The van der Waals surface area contributed by atoms with Crippen LogP contribution in [0.15, 0.2) is 12.1 Å². The molecule has 0 bridgehead atoms. The normalized spacial score (nSPS) is 9.82. The van der Waals surface area contributed by atoms with Crippen LogP contribution in [0.3, 0.4) is 0 Å². The van der Waals surface area contributed by atoms with Crippen molar-refractivity contribution in [2.24, 2.45) is 5.73 Å². The zero-order chi connectivity index (χ0) is 13.0. The Bertz CT molecular complexity index is 443. The lowest BCUT2D eigenvalue weighted by Crippen LogP contribution is -2.17. The molecule has 0 saturated carbocycles. The number of esters is 1. The van der Waals surface area contributed by atoms with Crippen LogP contribution >= 0.6 is 12.2 Å². The van der Waals surface area contributed by atoms with Crippen LogP contribution in [-0.4, -0.2) is 24.6 Å². The molecule has 0 radical (unpaired) electrons. The number of halogens is 2. The Hall–Kier alpha value is -1.76. The number of benzene rings is 1. The Morgan fingerprint density at radius 2 is 2.00 bits per heavy atom. The van der Waals surface area contributed by atoms with Crippen LogP contribution in [0, 0.1) is 11.6 Å². The zero-order valence-electron chi connectivity index (χ0n) is 8.92. The molecule has 0 aromatic heterocycles. The second-order valence-corrected chi connectivity index (χ2v) is 3.55. The molecule has 0 spiro atoms. The van der Waals surface area contributed by atoms with Crippen molar-refractivity contribution >= 4 is 28.9 Å². The molecular formula is C10H10F2N2O2S. The average Bonchev–Trinajstić information content (AvgIpc) is 2.27. The zero-order valence-corrected chi connectivity index (χ0v) is 9.74. The van der Waals surface area contributed by atoms with Gasteiger partial charge in [-0.05, 0) is 12.1 Å². The standard InChI is InChI=1S/C10H10F2N2O2S/c1-16-8(15)4-14-9-6(11)2-5(10(13)17)3-7(9)12/h2-3,14H,4H2,1H3,(H2,13,17). The van der Waals surface area contributed by atoms with Crippen molar-refractivity contribution in [1.29, 1.82) is 0 Å². The summed E-state index contributed by atoms with van der Waals surface area (Å²) < 4.78 is 31.2. The molecule has 0 fully saturated rings. The van der Waals surface area contributed by atoms with Crippen LogP contribution in [0.5, 0.6) is 0 Å². The predicted octanol–water partition coefficient (Wildman–Crippen LogP) is 1.18. The molecule has 0 amide bonds. The molecule has 17 heavy (non-hydrogen) atoms. The molecule has 4 nitrogen and oxygen atoms in total. The molecule has 0 heterocycles. The number of methoxy groups -OCH3 is 1. The number of ether oxygens (including phenoxy) is 1. The van der Waals surface area contributed by atoms with Gasteiger partial charge >= 0.3 is 5.97 Å². The van der Waals surface area contributed by atoms with Gasteiger partial charge in [0.25, 0.3) is 0 Å². The summed E-state index contributed by atoms with van der Waals surface area (Å²) in [5.41, 5.74) is 4.91. The monoisotopic (exact) mass is 260 g/mol. The number of anilines is 1. The maximum atomic E-state index is 13.5. The lowest BCUT2D eigenvalue weighted by atomic mass is 10.2. The minimum absolute atomic E-state index is 0.0821. The molecule has 0 aliphatic carbocycles. The first-order valence-electron chi connectivity index (χ1n) is 4.55. The van der Waals surface area contributed by atoms with Crippen molar-refractivity contribution < 1.29 is 18.3 Å². The van der Waals surface area contributed by atoms with Crippen LogP contribution in [0.25, 0.3) is 0 Å². The van der Waals surface area contributed by atoms with Gasteiger partial charge in [0, 0.05) is 5.56 Å². The first-order chi connectivity index (χ1) is 7.95. The summed E-state index contributed by atoms with van der Waals surface area (Å²) in [6.45, 7) is -0.337.